The molecule has 2 N–H and O–H groups in total. The first-order valence-corrected chi connectivity index (χ1v) is 8.16. The van der Waals surface area contributed by atoms with Gasteiger partial charge in [-0.05, 0) is 25.8 Å². The van der Waals surface area contributed by atoms with Crippen LogP contribution < -0.4 is 5.32 Å². The van der Waals surface area contributed by atoms with E-state index in [-0.39, 0.29) is 16.8 Å². The van der Waals surface area contributed by atoms with E-state index in [1.165, 1.54) is 0 Å². The molecular formula is C14H28N2O2S. The Morgan fingerprint density at radius 3 is 2.58 bits per heavy atom. The molecule has 0 spiro atoms. The molecule has 1 fully saturated rings. The molecule has 0 aromatic carbocycles. The van der Waals surface area contributed by atoms with Crippen molar-refractivity contribution < 1.29 is 9.90 Å². The maximum Gasteiger partial charge on any atom is 0.230 e. The van der Waals surface area contributed by atoms with E-state index in [2.05, 4.69) is 31.0 Å². The smallest absolute Gasteiger partial charge is 0.230 e. The maximum absolute atomic E-state index is 11.6. The third-order valence-electron chi connectivity index (χ3n) is 3.17. The number of hydrogen-bond acceptors (Lipinski definition) is 4. The number of nitrogens with one attached hydrogen (secondary N) is 1. The van der Waals surface area contributed by atoms with Gasteiger partial charge >= 0.3 is 0 Å². The van der Waals surface area contributed by atoms with Crippen molar-refractivity contribution in [3.05, 3.63) is 0 Å². The van der Waals surface area contributed by atoms with Gasteiger partial charge in [0.1, 0.15) is 0 Å². The number of piperidine rings is 1. The molecule has 0 atom stereocenters. The normalized spacial score (nSPS) is 18.5. The highest BCUT2D eigenvalue weighted by Crippen LogP contribution is 2.22. The van der Waals surface area contributed by atoms with Crippen LogP contribution in [-0.4, -0.2) is 58.7 Å². The third kappa shape index (κ3) is 8.50. The highest BCUT2D eigenvalue weighted by atomic mass is 32.2. The summed E-state index contributed by atoms with van der Waals surface area (Å²) in [6.45, 7) is 10.1. The number of hydrogen-bond donors (Lipinski definition) is 2. The summed E-state index contributed by atoms with van der Waals surface area (Å²) in [5.74, 6) is 0.674. The molecule has 0 saturated carbocycles. The van der Waals surface area contributed by atoms with Crippen LogP contribution in [0.5, 0.6) is 0 Å². The molecule has 1 saturated heterocycles. The monoisotopic (exact) mass is 288 g/mol. The Kier molecular flexibility index (Phi) is 7.18. The van der Waals surface area contributed by atoms with Gasteiger partial charge in [0.2, 0.25) is 5.91 Å². The van der Waals surface area contributed by atoms with E-state index < -0.39 is 0 Å². The lowest BCUT2D eigenvalue weighted by atomic mass is 10.1. The van der Waals surface area contributed by atoms with Crippen LogP contribution in [0.4, 0.5) is 0 Å². The van der Waals surface area contributed by atoms with Gasteiger partial charge in [0.25, 0.3) is 0 Å². The summed E-state index contributed by atoms with van der Waals surface area (Å²) >= 11 is 1.68. The standard InChI is InChI=1S/C14H28N2O2S/c1-14(2,3)19-11-13(18)15-7-4-8-16-9-5-12(17)6-10-16/h12,17H,4-11H2,1-3H3,(H,15,18). The molecule has 1 aliphatic heterocycles. The van der Waals surface area contributed by atoms with Crippen LogP contribution >= 0.6 is 11.8 Å². The van der Waals surface area contributed by atoms with Gasteiger partial charge in [-0.1, -0.05) is 20.8 Å². The molecule has 0 radical (unpaired) electrons. The van der Waals surface area contributed by atoms with Crippen LogP contribution in [0.15, 0.2) is 0 Å². The molecular weight excluding hydrogens is 260 g/mol. The van der Waals surface area contributed by atoms with Crippen molar-refractivity contribution in [3.8, 4) is 0 Å². The van der Waals surface area contributed by atoms with E-state index in [4.69, 9.17) is 0 Å². The number of rotatable bonds is 6. The van der Waals surface area contributed by atoms with E-state index in [0.717, 1.165) is 45.4 Å². The molecule has 0 aromatic heterocycles. The molecule has 1 amide bonds. The first kappa shape index (κ1) is 16.8. The van der Waals surface area contributed by atoms with Gasteiger partial charge in [0.05, 0.1) is 11.9 Å². The molecule has 1 rings (SSSR count). The van der Waals surface area contributed by atoms with Crippen molar-refractivity contribution >= 4 is 17.7 Å². The van der Waals surface area contributed by atoms with Crippen LogP contribution in [0.25, 0.3) is 0 Å². The number of amides is 1. The molecule has 0 aromatic rings. The Labute approximate surface area is 121 Å². The van der Waals surface area contributed by atoms with Gasteiger partial charge in [0.15, 0.2) is 0 Å². The van der Waals surface area contributed by atoms with Crippen LogP contribution in [0.3, 0.4) is 0 Å². The predicted octanol–water partition coefficient (Wildman–Crippen LogP) is 1.48. The van der Waals surface area contributed by atoms with Crippen LogP contribution in [0.2, 0.25) is 0 Å². The lowest BCUT2D eigenvalue weighted by Crippen LogP contribution is -2.37. The van der Waals surface area contributed by atoms with Crippen molar-refractivity contribution in [2.45, 2.75) is 50.9 Å². The summed E-state index contributed by atoms with van der Waals surface area (Å²) in [6.07, 6.45) is 2.65. The fourth-order valence-electron chi connectivity index (χ4n) is 2.01. The number of aliphatic hydroxyl groups is 1. The highest BCUT2D eigenvalue weighted by Gasteiger charge is 2.16. The lowest BCUT2D eigenvalue weighted by Gasteiger charge is -2.29. The highest BCUT2D eigenvalue weighted by molar-refractivity contribution is 8.01. The quantitative estimate of drug-likeness (QED) is 0.727. The van der Waals surface area contributed by atoms with E-state index in [9.17, 15) is 9.90 Å². The predicted molar refractivity (Wildman–Crippen MR) is 81.5 cm³/mol. The largest absolute Gasteiger partial charge is 0.393 e. The molecule has 5 heteroatoms. The van der Waals surface area contributed by atoms with Gasteiger partial charge in [-0.15, -0.1) is 11.8 Å². The topological polar surface area (TPSA) is 52.6 Å². The lowest BCUT2D eigenvalue weighted by molar-refractivity contribution is -0.118. The molecule has 0 unspecified atom stereocenters. The van der Waals surface area contributed by atoms with E-state index in [1.807, 2.05) is 0 Å². The molecule has 0 aliphatic carbocycles. The Morgan fingerprint density at radius 2 is 2.00 bits per heavy atom. The second-order valence-corrected chi connectivity index (χ2v) is 7.98. The van der Waals surface area contributed by atoms with Gasteiger partial charge in [-0.2, -0.15) is 0 Å². The van der Waals surface area contributed by atoms with E-state index >= 15 is 0 Å². The molecule has 112 valence electrons. The first-order chi connectivity index (χ1) is 8.87. The van der Waals surface area contributed by atoms with Crippen LogP contribution in [-0.2, 0) is 4.79 Å². The fourth-order valence-corrected chi connectivity index (χ4v) is 2.67. The number of carbonyl (C=O) groups is 1. The Balaban J connectivity index is 2.00. The number of nitrogens with zero attached hydrogens (tertiary/aromatic N) is 1. The Morgan fingerprint density at radius 1 is 1.37 bits per heavy atom. The summed E-state index contributed by atoms with van der Waals surface area (Å²) in [6, 6.07) is 0. The number of carbonyl (C=O) groups excluding carboxylic acids is 1. The van der Waals surface area contributed by atoms with Crippen molar-refractivity contribution in [1.82, 2.24) is 10.2 Å². The van der Waals surface area contributed by atoms with Crippen molar-refractivity contribution in [3.63, 3.8) is 0 Å². The van der Waals surface area contributed by atoms with E-state index in [0.29, 0.717) is 5.75 Å². The van der Waals surface area contributed by atoms with E-state index in [1.54, 1.807) is 11.8 Å². The first-order valence-electron chi connectivity index (χ1n) is 7.18. The van der Waals surface area contributed by atoms with Crippen LogP contribution in [0.1, 0.15) is 40.0 Å². The minimum absolute atomic E-state index is 0.106. The second kappa shape index (κ2) is 8.12. The molecule has 1 heterocycles. The van der Waals surface area contributed by atoms with Crippen molar-refractivity contribution in [2.24, 2.45) is 0 Å². The number of aliphatic hydroxyl groups excluding tert-OH is 1. The fraction of sp³-hybridized carbons (Fsp3) is 0.929. The zero-order valence-corrected chi connectivity index (χ0v) is 13.3. The molecule has 19 heavy (non-hydrogen) atoms. The third-order valence-corrected chi connectivity index (χ3v) is 4.44. The second-order valence-electron chi connectivity index (χ2n) is 6.18. The molecule has 0 bridgehead atoms. The summed E-state index contributed by atoms with van der Waals surface area (Å²) < 4.78 is 0.145. The summed E-state index contributed by atoms with van der Waals surface area (Å²) in [5, 5.41) is 12.4. The average molecular weight is 288 g/mol. The van der Waals surface area contributed by atoms with Gasteiger partial charge < -0.3 is 15.3 Å². The molecule has 1 aliphatic rings. The van der Waals surface area contributed by atoms with Gasteiger partial charge in [-0.25, -0.2) is 0 Å². The average Bonchev–Trinajstić information content (AvgIpc) is 2.33. The molecule has 4 nitrogen and oxygen atoms in total. The maximum atomic E-state index is 11.6. The SMILES string of the molecule is CC(C)(C)SCC(=O)NCCCN1CCC(O)CC1. The van der Waals surface area contributed by atoms with Crippen molar-refractivity contribution in [1.29, 1.82) is 0 Å². The summed E-state index contributed by atoms with van der Waals surface area (Å²) in [4.78, 5) is 14.0. The minimum Gasteiger partial charge on any atom is -0.393 e. The zero-order chi connectivity index (χ0) is 14.3. The van der Waals surface area contributed by atoms with Crippen molar-refractivity contribution in [2.75, 3.05) is 31.9 Å². The van der Waals surface area contributed by atoms with Gasteiger partial charge in [0, 0.05) is 24.4 Å². The minimum atomic E-state index is -0.106. The zero-order valence-electron chi connectivity index (χ0n) is 12.4. The van der Waals surface area contributed by atoms with Gasteiger partial charge in [-0.3, -0.25) is 4.79 Å². The Bertz CT molecular complexity index is 271. The summed E-state index contributed by atoms with van der Waals surface area (Å²) in [7, 11) is 0. The van der Waals surface area contributed by atoms with Crippen LogP contribution in [0, 0.1) is 0 Å². The summed E-state index contributed by atoms with van der Waals surface area (Å²) in [5.41, 5.74) is 0. The Hall–Kier alpha value is -0.260. The number of thioether (sulfide) groups is 1. The number of likely N-dealkylation sites (tertiary alicyclic amines) is 1.